The van der Waals surface area contributed by atoms with Crippen molar-refractivity contribution in [1.29, 1.82) is 0 Å². The van der Waals surface area contributed by atoms with E-state index < -0.39 is 11.6 Å². The molecular weight excluding hydrogens is 375 g/mol. The average molecular weight is 396 g/mol. The molecular formula is C22H21FN2O4. The van der Waals surface area contributed by atoms with Gasteiger partial charge in [0, 0.05) is 24.7 Å². The summed E-state index contributed by atoms with van der Waals surface area (Å²) in [4.78, 5) is 27.2. The smallest absolute Gasteiger partial charge is 0.270 e. The molecule has 0 aliphatic carbocycles. The highest BCUT2D eigenvalue weighted by atomic mass is 19.1. The number of carbonyl (C=O) groups is 2. The Labute approximate surface area is 167 Å². The summed E-state index contributed by atoms with van der Waals surface area (Å²) in [6.07, 6.45) is 1.93. The fourth-order valence-corrected chi connectivity index (χ4v) is 3.90. The number of allylic oxidation sites excluding steroid dienone is 1. The van der Waals surface area contributed by atoms with Crippen LogP contribution in [0.3, 0.4) is 0 Å². The summed E-state index contributed by atoms with van der Waals surface area (Å²) in [5.41, 5.74) is 2.54. The Morgan fingerprint density at radius 3 is 2.69 bits per heavy atom. The Balaban J connectivity index is 1.61. The number of carbonyl (C=O) groups excluding carboxylic acids is 2. The molecule has 1 amide bonds. The highest BCUT2D eigenvalue weighted by molar-refractivity contribution is 6.09. The van der Waals surface area contributed by atoms with Gasteiger partial charge >= 0.3 is 0 Å². The molecule has 1 unspecified atom stereocenters. The number of methoxy groups -OCH3 is 2. The lowest BCUT2D eigenvalue weighted by molar-refractivity contribution is -0.132. The SMILES string of the molecule is COc1cc2c(cc1OC)C1CN/C(=C\C(=O)c3cccc(F)c3)C(=O)N1CC2. The van der Waals surface area contributed by atoms with Gasteiger partial charge in [-0.25, -0.2) is 4.39 Å². The zero-order chi connectivity index (χ0) is 20.5. The summed E-state index contributed by atoms with van der Waals surface area (Å²) in [5, 5.41) is 3.07. The molecule has 6 nitrogen and oxygen atoms in total. The van der Waals surface area contributed by atoms with Crippen LogP contribution in [0.1, 0.15) is 27.5 Å². The third-order valence-corrected chi connectivity index (χ3v) is 5.36. The molecule has 2 heterocycles. The molecule has 1 fully saturated rings. The molecule has 2 aliphatic rings. The number of rotatable bonds is 4. The Morgan fingerprint density at radius 2 is 1.97 bits per heavy atom. The van der Waals surface area contributed by atoms with Gasteiger partial charge in [0.2, 0.25) is 0 Å². The monoisotopic (exact) mass is 396 g/mol. The molecule has 0 spiro atoms. The number of benzene rings is 2. The molecule has 4 rings (SSSR count). The van der Waals surface area contributed by atoms with Crippen LogP contribution in [0.5, 0.6) is 11.5 Å². The highest BCUT2D eigenvalue weighted by Gasteiger charge is 2.37. The van der Waals surface area contributed by atoms with Crippen LogP contribution in [0.2, 0.25) is 0 Å². The van der Waals surface area contributed by atoms with Gasteiger partial charge in [-0.15, -0.1) is 0 Å². The van der Waals surface area contributed by atoms with E-state index in [0.29, 0.717) is 31.0 Å². The minimum absolute atomic E-state index is 0.160. The molecule has 1 saturated heterocycles. The van der Waals surface area contributed by atoms with Gasteiger partial charge in [0.15, 0.2) is 17.3 Å². The summed E-state index contributed by atoms with van der Waals surface area (Å²) < 4.78 is 24.2. The van der Waals surface area contributed by atoms with Crippen molar-refractivity contribution in [2.24, 2.45) is 0 Å². The highest BCUT2D eigenvalue weighted by Crippen LogP contribution is 2.39. The second-order valence-corrected chi connectivity index (χ2v) is 6.98. The van der Waals surface area contributed by atoms with Gasteiger partial charge in [0.05, 0.1) is 20.3 Å². The Kier molecular flexibility index (Phi) is 4.96. The van der Waals surface area contributed by atoms with Crippen molar-refractivity contribution in [3.63, 3.8) is 0 Å². The van der Waals surface area contributed by atoms with E-state index in [2.05, 4.69) is 5.32 Å². The van der Waals surface area contributed by atoms with E-state index in [4.69, 9.17) is 9.47 Å². The molecule has 2 aliphatic heterocycles. The van der Waals surface area contributed by atoms with E-state index in [-0.39, 0.29) is 23.2 Å². The maximum atomic E-state index is 13.4. The van der Waals surface area contributed by atoms with Crippen molar-refractivity contribution >= 4 is 11.7 Å². The molecule has 0 aromatic heterocycles. The van der Waals surface area contributed by atoms with E-state index in [9.17, 15) is 14.0 Å². The van der Waals surface area contributed by atoms with Crippen LogP contribution in [0.4, 0.5) is 4.39 Å². The molecule has 1 N–H and O–H groups in total. The fourth-order valence-electron chi connectivity index (χ4n) is 3.90. The van der Waals surface area contributed by atoms with Crippen LogP contribution in [0, 0.1) is 5.82 Å². The molecule has 29 heavy (non-hydrogen) atoms. The maximum Gasteiger partial charge on any atom is 0.270 e. The number of fused-ring (bicyclic) bond motifs is 3. The quantitative estimate of drug-likeness (QED) is 0.636. The third kappa shape index (κ3) is 3.44. The van der Waals surface area contributed by atoms with E-state index in [1.807, 2.05) is 12.1 Å². The van der Waals surface area contributed by atoms with E-state index in [0.717, 1.165) is 17.2 Å². The summed E-state index contributed by atoms with van der Waals surface area (Å²) in [7, 11) is 3.17. The van der Waals surface area contributed by atoms with E-state index >= 15 is 0 Å². The second kappa shape index (κ2) is 7.58. The van der Waals surface area contributed by atoms with E-state index in [1.165, 1.54) is 24.3 Å². The van der Waals surface area contributed by atoms with Crippen molar-refractivity contribution in [3.8, 4) is 11.5 Å². The first-order valence-corrected chi connectivity index (χ1v) is 9.33. The van der Waals surface area contributed by atoms with Gasteiger partial charge in [0.1, 0.15) is 11.5 Å². The molecule has 7 heteroatoms. The summed E-state index contributed by atoms with van der Waals surface area (Å²) >= 11 is 0. The van der Waals surface area contributed by atoms with Gasteiger partial charge in [0.25, 0.3) is 5.91 Å². The predicted octanol–water partition coefficient (Wildman–Crippen LogP) is 2.64. The minimum atomic E-state index is -0.491. The molecule has 0 saturated carbocycles. The van der Waals surface area contributed by atoms with Crippen LogP contribution in [-0.4, -0.2) is 43.9 Å². The number of amides is 1. The average Bonchev–Trinajstić information content (AvgIpc) is 2.74. The Hall–Kier alpha value is -3.35. The first-order chi connectivity index (χ1) is 14.0. The molecule has 2 aromatic carbocycles. The van der Waals surface area contributed by atoms with Crippen molar-refractivity contribution in [1.82, 2.24) is 10.2 Å². The first kappa shape index (κ1) is 19.0. The lowest BCUT2D eigenvalue weighted by Gasteiger charge is -2.42. The number of hydrogen-bond donors (Lipinski definition) is 1. The minimum Gasteiger partial charge on any atom is -0.493 e. The molecule has 150 valence electrons. The zero-order valence-corrected chi connectivity index (χ0v) is 16.2. The van der Waals surface area contributed by atoms with Crippen LogP contribution in [0.25, 0.3) is 0 Å². The van der Waals surface area contributed by atoms with Crippen molar-refractivity contribution in [2.45, 2.75) is 12.5 Å². The summed E-state index contributed by atoms with van der Waals surface area (Å²) in [5.74, 6) is 0.127. The van der Waals surface area contributed by atoms with Crippen LogP contribution < -0.4 is 14.8 Å². The number of piperazine rings is 1. The number of nitrogens with one attached hydrogen (secondary N) is 1. The lowest BCUT2D eigenvalue weighted by atomic mass is 9.90. The van der Waals surface area contributed by atoms with Gasteiger partial charge in [-0.2, -0.15) is 0 Å². The van der Waals surface area contributed by atoms with E-state index in [1.54, 1.807) is 19.1 Å². The predicted molar refractivity (Wildman–Crippen MR) is 105 cm³/mol. The first-order valence-electron chi connectivity index (χ1n) is 9.33. The fraction of sp³-hybridized carbons (Fsp3) is 0.273. The van der Waals surface area contributed by atoms with Gasteiger partial charge in [-0.1, -0.05) is 12.1 Å². The topological polar surface area (TPSA) is 67.9 Å². The largest absolute Gasteiger partial charge is 0.493 e. The molecule has 0 bridgehead atoms. The second-order valence-electron chi connectivity index (χ2n) is 6.98. The van der Waals surface area contributed by atoms with Gasteiger partial charge in [-0.05, 0) is 41.8 Å². The standard InChI is InChI=1S/C22H21FN2O4/c1-28-20-9-13-6-7-25-18(16(13)10-21(20)29-2)12-24-17(22(25)27)11-19(26)14-4-3-5-15(23)8-14/h3-5,8-11,18,24H,6-7,12H2,1-2H3/b17-11-. The molecule has 1 atom stereocenters. The van der Waals surface area contributed by atoms with Crippen LogP contribution in [-0.2, 0) is 11.2 Å². The summed E-state index contributed by atoms with van der Waals surface area (Å²) in [6, 6.07) is 9.12. The van der Waals surface area contributed by atoms with Crippen LogP contribution in [0.15, 0.2) is 48.2 Å². The number of nitrogens with zero attached hydrogens (tertiary/aromatic N) is 1. The van der Waals surface area contributed by atoms with Crippen LogP contribution >= 0.6 is 0 Å². The Bertz CT molecular complexity index is 1020. The number of ketones is 1. The lowest BCUT2D eigenvalue weighted by Crippen LogP contribution is -2.51. The van der Waals surface area contributed by atoms with Crippen molar-refractivity contribution < 1.29 is 23.5 Å². The molecule has 0 radical (unpaired) electrons. The molecule has 2 aromatic rings. The third-order valence-electron chi connectivity index (χ3n) is 5.36. The normalized spacial score (nSPS) is 19.3. The Morgan fingerprint density at radius 1 is 1.21 bits per heavy atom. The van der Waals surface area contributed by atoms with Crippen molar-refractivity contribution in [3.05, 3.63) is 70.7 Å². The number of ether oxygens (including phenoxy) is 2. The number of hydrogen-bond acceptors (Lipinski definition) is 5. The zero-order valence-electron chi connectivity index (χ0n) is 16.2. The van der Waals surface area contributed by atoms with Gasteiger partial charge < -0.3 is 19.7 Å². The summed E-state index contributed by atoms with van der Waals surface area (Å²) in [6.45, 7) is 1.01. The van der Waals surface area contributed by atoms with Gasteiger partial charge in [-0.3, -0.25) is 9.59 Å². The van der Waals surface area contributed by atoms with Crippen molar-refractivity contribution in [2.75, 3.05) is 27.3 Å². The maximum absolute atomic E-state index is 13.4. The number of halogens is 1.